The molecule has 1 N–H and O–H groups in total. The number of aryl methyl sites for hydroxylation is 2. The van der Waals surface area contributed by atoms with Crippen LogP contribution < -0.4 is 4.74 Å². The number of rotatable bonds is 5. The molecule has 0 bridgehead atoms. The highest BCUT2D eigenvalue weighted by atomic mass is 16.5. The van der Waals surface area contributed by atoms with E-state index < -0.39 is 5.97 Å². The zero-order chi connectivity index (χ0) is 13.8. The lowest BCUT2D eigenvalue weighted by Gasteiger charge is -2.03. The fourth-order valence-electron chi connectivity index (χ4n) is 1.71. The molecule has 0 spiro atoms. The lowest BCUT2D eigenvalue weighted by molar-refractivity contribution is -0.136. The quantitative estimate of drug-likeness (QED) is 0.895. The monoisotopic (exact) mass is 261 g/mol. The first-order chi connectivity index (χ1) is 9.04. The Morgan fingerprint density at radius 2 is 2.21 bits per heavy atom. The van der Waals surface area contributed by atoms with Gasteiger partial charge in [0.2, 0.25) is 5.89 Å². The number of ether oxygens (including phenoxy) is 1. The minimum absolute atomic E-state index is 0.139. The summed E-state index contributed by atoms with van der Waals surface area (Å²) in [6, 6.07) is 7.64. The molecule has 0 saturated heterocycles. The normalized spacial score (nSPS) is 10.4. The van der Waals surface area contributed by atoms with Gasteiger partial charge in [-0.1, -0.05) is 12.1 Å². The van der Waals surface area contributed by atoms with Crippen molar-refractivity contribution in [2.45, 2.75) is 26.9 Å². The molecule has 0 fully saturated rings. The van der Waals surface area contributed by atoms with Gasteiger partial charge in [0, 0.05) is 0 Å². The Hall–Kier alpha value is -2.30. The molecule has 5 nitrogen and oxygen atoms in total. The van der Waals surface area contributed by atoms with E-state index in [1.54, 1.807) is 6.92 Å². The molecule has 0 radical (unpaired) electrons. The highest BCUT2D eigenvalue weighted by Crippen LogP contribution is 2.16. The Labute approximate surface area is 110 Å². The van der Waals surface area contributed by atoms with Crippen LogP contribution in [-0.2, 0) is 17.8 Å². The minimum Gasteiger partial charge on any atom is -0.484 e. The molecule has 0 atom stereocenters. The van der Waals surface area contributed by atoms with Gasteiger partial charge in [-0.15, -0.1) is 0 Å². The van der Waals surface area contributed by atoms with Gasteiger partial charge in [-0.2, -0.15) is 0 Å². The number of aromatic nitrogens is 1. The van der Waals surface area contributed by atoms with Crippen molar-refractivity contribution in [1.82, 2.24) is 4.98 Å². The third kappa shape index (κ3) is 3.58. The van der Waals surface area contributed by atoms with Crippen molar-refractivity contribution in [3.05, 3.63) is 47.2 Å². The molecule has 0 unspecified atom stereocenters. The summed E-state index contributed by atoms with van der Waals surface area (Å²) in [6.07, 6.45) is -0.139. The second kappa shape index (κ2) is 5.56. The summed E-state index contributed by atoms with van der Waals surface area (Å²) in [5, 5.41) is 8.73. The molecule has 0 aliphatic rings. The fraction of sp³-hybridized carbons (Fsp3) is 0.286. The number of oxazole rings is 1. The highest BCUT2D eigenvalue weighted by Gasteiger charge is 2.13. The van der Waals surface area contributed by atoms with E-state index in [-0.39, 0.29) is 13.0 Å². The Bertz CT molecular complexity index is 589. The van der Waals surface area contributed by atoms with E-state index in [1.807, 2.05) is 31.2 Å². The van der Waals surface area contributed by atoms with E-state index in [0.29, 0.717) is 17.3 Å². The standard InChI is InChI=1S/C14H15NO4/c1-9-4-3-5-11(6-9)18-8-13-15-12(7-14(16)17)10(2)19-13/h3-6H,7-8H2,1-2H3,(H,16,17). The molecule has 1 aromatic carbocycles. The van der Waals surface area contributed by atoms with Gasteiger partial charge in [-0.05, 0) is 31.5 Å². The van der Waals surface area contributed by atoms with Crippen LogP contribution in [0, 0.1) is 13.8 Å². The number of hydrogen-bond donors (Lipinski definition) is 1. The number of nitrogens with zero attached hydrogens (tertiary/aromatic N) is 1. The van der Waals surface area contributed by atoms with E-state index in [9.17, 15) is 4.79 Å². The van der Waals surface area contributed by atoms with Gasteiger partial charge in [0.25, 0.3) is 0 Å². The Morgan fingerprint density at radius 3 is 2.89 bits per heavy atom. The molecule has 0 amide bonds. The largest absolute Gasteiger partial charge is 0.484 e. The number of carboxylic acids is 1. The van der Waals surface area contributed by atoms with Crippen molar-refractivity contribution in [2.24, 2.45) is 0 Å². The molecule has 0 aliphatic carbocycles. The molecule has 5 heteroatoms. The topological polar surface area (TPSA) is 72.6 Å². The van der Waals surface area contributed by atoms with Gasteiger partial charge in [0.05, 0.1) is 12.1 Å². The van der Waals surface area contributed by atoms with Crippen molar-refractivity contribution in [2.75, 3.05) is 0 Å². The summed E-state index contributed by atoms with van der Waals surface area (Å²) in [5.41, 5.74) is 1.54. The molecular weight excluding hydrogens is 246 g/mol. The van der Waals surface area contributed by atoms with Crippen molar-refractivity contribution in [3.63, 3.8) is 0 Å². The lowest BCUT2D eigenvalue weighted by atomic mass is 10.2. The predicted octanol–water partition coefficient (Wildman–Crippen LogP) is 2.50. The Kier molecular flexibility index (Phi) is 3.85. The molecule has 19 heavy (non-hydrogen) atoms. The molecular formula is C14H15NO4. The second-order valence-corrected chi connectivity index (χ2v) is 4.29. The molecule has 0 saturated carbocycles. The van der Waals surface area contributed by atoms with Crippen LogP contribution in [0.25, 0.3) is 0 Å². The SMILES string of the molecule is Cc1cccc(OCc2nc(CC(=O)O)c(C)o2)c1. The maximum absolute atomic E-state index is 10.6. The van der Waals surface area contributed by atoms with E-state index >= 15 is 0 Å². The summed E-state index contributed by atoms with van der Waals surface area (Å²) < 4.78 is 10.9. The third-order valence-corrected chi connectivity index (χ3v) is 2.61. The fourth-order valence-corrected chi connectivity index (χ4v) is 1.71. The summed E-state index contributed by atoms with van der Waals surface area (Å²) in [5.74, 6) is 0.707. The number of carbonyl (C=O) groups is 1. The van der Waals surface area contributed by atoms with Crippen LogP contribution in [0.1, 0.15) is 22.9 Å². The van der Waals surface area contributed by atoms with Crippen molar-refractivity contribution in [3.8, 4) is 5.75 Å². The molecule has 2 aromatic rings. The molecule has 2 rings (SSSR count). The van der Waals surface area contributed by atoms with Gasteiger partial charge in [0.1, 0.15) is 11.5 Å². The summed E-state index contributed by atoms with van der Waals surface area (Å²) in [7, 11) is 0. The van der Waals surface area contributed by atoms with Crippen LogP contribution in [0.15, 0.2) is 28.7 Å². The number of aliphatic carboxylic acids is 1. The van der Waals surface area contributed by atoms with Gasteiger partial charge >= 0.3 is 5.97 Å². The zero-order valence-electron chi connectivity index (χ0n) is 10.8. The van der Waals surface area contributed by atoms with E-state index in [1.165, 1.54) is 0 Å². The van der Waals surface area contributed by atoms with Crippen LogP contribution in [0.4, 0.5) is 0 Å². The van der Waals surface area contributed by atoms with Crippen LogP contribution in [0.5, 0.6) is 5.75 Å². The molecule has 0 aliphatic heterocycles. The van der Waals surface area contributed by atoms with Crippen LogP contribution in [0.2, 0.25) is 0 Å². The van der Waals surface area contributed by atoms with Crippen molar-refractivity contribution < 1.29 is 19.1 Å². The van der Waals surface area contributed by atoms with Gasteiger partial charge in [-0.3, -0.25) is 4.79 Å². The molecule has 100 valence electrons. The number of carboxylic acid groups (broad SMARTS) is 1. The van der Waals surface area contributed by atoms with Gasteiger partial charge in [-0.25, -0.2) is 4.98 Å². The summed E-state index contributed by atoms with van der Waals surface area (Å²) in [4.78, 5) is 14.7. The average molecular weight is 261 g/mol. The van der Waals surface area contributed by atoms with E-state index in [2.05, 4.69) is 4.98 Å². The summed E-state index contributed by atoms with van der Waals surface area (Å²) in [6.45, 7) is 3.86. The first-order valence-corrected chi connectivity index (χ1v) is 5.91. The maximum Gasteiger partial charge on any atom is 0.309 e. The van der Waals surface area contributed by atoms with Crippen molar-refractivity contribution >= 4 is 5.97 Å². The van der Waals surface area contributed by atoms with Crippen LogP contribution in [-0.4, -0.2) is 16.1 Å². The summed E-state index contributed by atoms with van der Waals surface area (Å²) >= 11 is 0. The molecule has 1 aromatic heterocycles. The smallest absolute Gasteiger partial charge is 0.309 e. The first-order valence-electron chi connectivity index (χ1n) is 5.91. The number of hydrogen-bond acceptors (Lipinski definition) is 4. The Balaban J connectivity index is 2.02. The van der Waals surface area contributed by atoms with E-state index in [4.69, 9.17) is 14.3 Å². The number of benzene rings is 1. The Morgan fingerprint density at radius 1 is 1.42 bits per heavy atom. The van der Waals surface area contributed by atoms with Crippen molar-refractivity contribution in [1.29, 1.82) is 0 Å². The highest BCUT2D eigenvalue weighted by molar-refractivity contribution is 5.69. The van der Waals surface area contributed by atoms with Crippen LogP contribution >= 0.6 is 0 Å². The zero-order valence-corrected chi connectivity index (χ0v) is 10.8. The van der Waals surface area contributed by atoms with Gasteiger partial charge in [0.15, 0.2) is 6.61 Å². The maximum atomic E-state index is 10.6. The third-order valence-electron chi connectivity index (χ3n) is 2.61. The molecule has 1 heterocycles. The first kappa shape index (κ1) is 13.1. The second-order valence-electron chi connectivity index (χ2n) is 4.29. The average Bonchev–Trinajstić information content (AvgIpc) is 2.67. The van der Waals surface area contributed by atoms with Gasteiger partial charge < -0.3 is 14.3 Å². The minimum atomic E-state index is -0.928. The van der Waals surface area contributed by atoms with E-state index in [0.717, 1.165) is 11.3 Å². The lowest BCUT2D eigenvalue weighted by Crippen LogP contribution is -2.02. The predicted molar refractivity (Wildman–Crippen MR) is 68.1 cm³/mol. The van der Waals surface area contributed by atoms with Crippen LogP contribution in [0.3, 0.4) is 0 Å².